The van der Waals surface area contributed by atoms with Crippen molar-refractivity contribution in [3.63, 3.8) is 0 Å². The molecule has 0 atom stereocenters. The second kappa shape index (κ2) is 13.6. The van der Waals surface area contributed by atoms with Crippen LogP contribution in [0.5, 0.6) is 0 Å². The Hall–Kier alpha value is 1.72. The van der Waals surface area contributed by atoms with E-state index < -0.39 is 0 Å². The molecule has 0 aliphatic rings. The van der Waals surface area contributed by atoms with Crippen LogP contribution in [0.4, 0.5) is 0 Å². The van der Waals surface area contributed by atoms with Gasteiger partial charge in [0, 0.05) is 21.4 Å². The van der Waals surface area contributed by atoms with Gasteiger partial charge in [-0.05, 0) is 160 Å². The highest BCUT2D eigenvalue weighted by molar-refractivity contribution is 14.1. The number of ether oxygens (including phenoxy) is 2. The molecule has 0 amide bonds. The van der Waals surface area contributed by atoms with Gasteiger partial charge in [-0.3, -0.25) is 0 Å². The van der Waals surface area contributed by atoms with Crippen molar-refractivity contribution < 1.29 is 24.0 Å². The number of carbonyl (C=O) groups excluding carboxylic acids is 2. The topological polar surface area (TPSA) is 57.0 Å². The van der Waals surface area contributed by atoms with Crippen LogP contribution in [0.2, 0.25) is 0 Å². The fraction of sp³-hybridized carbons (Fsp3) is 0.263. The minimum Gasteiger partial charge on any atom is -0.456 e. The predicted octanol–water partition coefficient (Wildman–Crippen LogP) is 4.84. The summed E-state index contributed by atoms with van der Waals surface area (Å²) in [6.45, 7) is 1.90. The molecule has 2 aromatic rings. The lowest BCUT2D eigenvalue weighted by molar-refractivity contribution is -0.879. The number of esters is 2. The average Bonchev–Trinajstić information content (AvgIpc) is 2.67. The summed E-state index contributed by atoms with van der Waals surface area (Å²) in [7, 11) is 1.98. The highest BCUT2D eigenvalue weighted by atomic mass is 127. The van der Waals surface area contributed by atoms with E-state index in [-0.39, 0.29) is 11.9 Å². The van der Waals surface area contributed by atoms with Crippen LogP contribution in [0.1, 0.15) is 20.7 Å². The molecule has 0 heterocycles. The van der Waals surface area contributed by atoms with Crippen LogP contribution >= 0.6 is 136 Å². The van der Waals surface area contributed by atoms with Gasteiger partial charge in [-0.25, -0.2) is 9.59 Å². The fourth-order valence-corrected chi connectivity index (χ4v) is 7.08. The van der Waals surface area contributed by atoms with E-state index in [0.29, 0.717) is 37.4 Å². The van der Waals surface area contributed by atoms with E-state index in [1.54, 1.807) is 0 Å². The minimum absolute atomic E-state index is 0.307. The summed E-state index contributed by atoms with van der Waals surface area (Å²) in [4.78, 5) is 25.9. The zero-order chi connectivity index (χ0) is 22.4. The Labute approximate surface area is 257 Å². The van der Waals surface area contributed by atoms with Gasteiger partial charge in [0.1, 0.15) is 26.3 Å². The maximum atomic E-state index is 12.4. The number of hydrogen-bond acceptors (Lipinski definition) is 4. The normalized spacial score (nSPS) is 10.9. The Balaban J connectivity index is 1.77. The van der Waals surface area contributed by atoms with E-state index in [9.17, 15) is 9.59 Å². The first kappa shape index (κ1) is 28.0. The standard InChI is InChI=1S/C19H15I6NO4/c1-26(2-4-29-18(27)12-6-10(20)8-14(22)16(12)24)3-5-30-19(28)13-7-11(21)9-15(23)17(13)25/h6-9H,2-5H2,1H3/p+1. The summed E-state index contributed by atoms with van der Waals surface area (Å²) < 4.78 is 16.8. The molecule has 0 saturated heterocycles. The Kier molecular flexibility index (Phi) is 12.6. The molecule has 0 spiro atoms. The number of nitrogens with one attached hydrogen (secondary N) is 1. The van der Waals surface area contributed by atoms with Crippen LogP contribution in [0.3, 0.4) is 0 Å². The third-order valence-electron chi connectivity index (χ3n) is 3.95. The summed E-state index contributed by atoms with van der Waals surface area (Å²) in [5.41, 5.74) is 1.19. The van der Waals surface area contributed by atoms with Crippen molar-refractivity contribution in [2.24, 2.45) is 0 Å². The Morgan fingerprint density at radius 3 is 1.47 bits per heavy atom. The van der Waals surface area contributed by atoms with Gasteiger partial charge < -0.3 is 14.4 Å². The number of carbonyl (C=O) groups is 2. The fourth-order valence-electron chi connectivity index (χ4n) is 2.33. The van der Waals surface area contributed by atoms with Gasteiger partial charge in [0.05, 0.1) is 18.2 Å². The Morgan fingerprint density at radius 2 is 1.10 bits per heavy atom. The van der Waals surface area contributed by atoms with Crippen LogP contribution in [0.25, 0.3) is 0 Å². The summed E-state index contributed by atoms with van der Waals surface area (Å²) in [5, 5.41) is 0. The first-order valence-corrected chi connectivity index (χ1v) is 15.0. The average molecular weight is 1080 g/mol. The number of halogens is 6. The predicted molar refractivity (Wildman–Crippen MR) is 166 cm³/mol. The minimum atomic E-state index is -0.307. The SMILES string of the molecule is C[NH+](CCOC(=O)c1cc(I)cc(I)c1I)CCOC(=O)c1cc(I)cc(I)c1I. The van der Waals surface area contributed by atoms with E-state index in [1.165, 1.54) is 0 Å². The van der Waals surface area contributed by atoms with Gasteiger partial charge in [0.2, 0.25) is 0 Å². The second-order valence-electron chi connectivity index (χ2n) is 6.23. The molecule has 0 radical (unpaired) electrons. The van der Waals surface area contributed by atoms with Crippen molar-refractivity contribution in [2.45, 2.75) is 0 Å². The van der Waals surface area contributed by atoms with Gasteiger partial charge >= 0.3 is 11.9 Å². The molecule has 0 aromatic heterocycles. The van der Waals surface area contributed by atoms with Crippen molar-refractivity contribution in [3.05, 3.63) is 56.8 Å². The van der Waals surface area contributed by atoms with Crippen molar-refractivity contribution >= 4 is 147 Å². The highest BCUT2D eigenvalue weighted by Gasteiger charge is 2.17. The first-order chi connectivity index (χ1) is 14.1. The van der Waals surface area contributed by atoms with Crippen LogP contribution < -0.4 is 4.90 Å². The molecule has 2 aromatic carbocycles. The molecule has 0 aliphatic carbocycles. The number of rotatable bonds is 8. The Morgan fingerprint density at radius 1 is 0.733 bits per heavy atom. The van der Waals surface area contributed by atoms with E-state index in [1.807, 2.05) is 31.3 Å². The van der Waals surface area contributed by atoms with E-state index in [4.69, 9.17) is 9.47 Å². The number of benzene rings is 2. The Bertz CT molecular complexity index is 878. The molecule has 1 N–H and O–H groups in total. The lowest BCUT2D eigenvalue weighted by Crippen LogP contribution is -3.10. The lowest BCUT2D eigenvalue weighted by atomic mass is 10.2. The molecule has 30 heavy (non-hydrogen) atoms. The van der Waals surface area contributed by atoms with Crippen LogP contribution in [0.15, 0.2) is 24.3 Å². The summed E-state index contributed by atoms with van der Waals surface area (Å²) >= 11 is 13.2. The van der Waals surface area contributed by atoms with Gasteiger partial charge in [-0.1, -0.05) is 0 Å². The molecule has 0 bridgehead atoms. The first-order valence-electron chi connectivity index (χ1n) is 8.54. The number of likely N-dealkylation sites (N-methyl/N-ethyl adjacent to an activating group) is 1. The van der Waals surface area contributed by atoms with Crippen molar-refractivity contribution in [3.8, 4) is 0 Å². The van der Waals surface area contributed by atoms with E-state index in [2.05, 4.69) is 136 Å². The summed E-state index contributed by atoms with van der Waals surface area (Å²) in [6, 6.07) is 7.74. The molecule has 0 fully saturated rings. The van der Waals surface area contributed by atoms with Crippen LogP contribution in [-0.2, 0) is 9.47 Å². The second-order valence-corrected chi connectivity index (χ2v) is 13.2. The molecule has 0 saturated carbocycles. The van der Waals surface area contributed by atoms with Gasteiger partial charge in [0.25, 0.3) is 0 Å². The molecule has 5 nitrogen and oxygen atoms in total. The zero-order valence-corrected chi connectivity index (χ0v) is 28.5. The summed E-state index contributed by atoms with van der Waals surface area (Å²) in [5.74, 6) is -0.615. The lowest BCUT2D eigenvalue weighted by Gasteiger charge is -2.15. The monoisotopic (exact) mass is 1080 g/mol. The maximum absolute atomic E-state index is 12.4. The quantitative estimate of drug-likeness (QED) is 0.234. The van der Waals surface area contributed by atoms with Gasteiger partial charge in [-0.2, -0.15) is 0 Å². The van der Waals surface area contributed by atoms with Crippen molar-refractivity contribution in [2.75, 3.05) is 33.4 Å². The van der Waals surface area contributed by atoms with Crippen molar-refractivity contribution in [1.29, 1.82) is 0 Å². The van der Waals surface area contributed by atoms with E-state index in [0.717, 1.165) is 26.3 Å². The van der Waals surface area contributed by atoms with Crippen LogP contribution in [0, 0.1) is 21.4 Å². The highest BCUT2D eigenvalue weighted by Crippen LogP contribution is 2.24. The van der Waals surface area contributed by atoms with Gasteiger partial charge in [0.15, 0.2) is 0 Å². The molecule has 11 heteroatoms. The molecular weight excluding hydrogens is 1070 g/mol. The molecule has 0 aliphatic heterocycles. The third-order valence-corrected chi connectivity index (χ3v) is 11.3. The molecule has 162 valence electrons. The third kappa shape index (κ3) is 8.49. The largest absolute Gasteiger partial charge is 0.456 e. The molecular formula is C19H16I6NO4+. The molecule has 2 rings (SSSR count). The smallest absolute Gasteiger partial charge is 0.339 e. The number of quaternary nitrogens is 1. The zero-order valence-electron chi connectivity index (χ0n) is 15.5. The summed E-state index contributed by atoms with van der Waals surface area (Å²) in [6.07, 6.45) is 0. The van der Waals surface area contributed by atoms with E-state index >= 15 is 0 Å². The van der Waals surface area contributed by atoms with Crippen LogP contribution in [-0.4, -0.2) is 45.3 Å². The van der Waals surface area contributed by atoms with Crippen molar-refractivity contribution in [1.82, 2.24) is 0 Å². The molecule has 0 unspecified atom stereocenters. The maximum Gasteiger partial charge on any atom is 0.339 e. The number of hydrogen-bond donors (Lipinski definition) is 1. The van der Waals surface area contributed by atoms with Gasteiger partial charge in [-0.15, -0.1) is 0 Å².